The van der Waals surface area contributed by atoms with E-state index in [2.05, 4.69) is 76.1 Å². The van der Waals surface area contributed by atoms with E-state index in [4.69, 9.17) is 9.73 Å². The van der Waals surface area contributed by atoms with Gasteiger partial charge in [0.2, 0.25) is 0 Å². The number of guanidine groups is 1. The van der Waals surface area contributed by atoms with Crippen molar-refractivity contribution in [2.24, 2.45) is 4.99 Å². The van der Waals surface area contributed by atoms with Crippen LogP contribution in [0.1, 0.15) is 32.8 Å². The first-order chi connectivity index (χ1) is 13.0. The maximum absolute atomic E-state index is 5.50. The molecule has 0 amide bonds. The van der Waals surface area contributed by atoms with Crippen molar-refractivity contribution in [1.82, 2.24) is 15.1 Å². The van der Waals surface area contributed by atoms with Gasteiger partial charge in [-0.1, -0.05) is 41.9 Å². The van der Waals surface area contributed by atoms with Crippen molar-refractivity contribution >= 4 is 45.9 Å². The summed E-state index contributed by atoms with van der Waals surface area (Å²) in [6, 6.07) is 9.23. The lowest BCUT2D eigenvalue weighted by Gasteiger charge is -2.32. The Morgan fingerprint density at radius 1 is 1.21 bits per heavy atom. The van der Waals surface area contributed by atoms with Crippen LogP contribution >= 0.6 is 39.9 Å². The van der Waals surface area contributed by atoms with Crippen LogP contribution in [0.25, 0.3) is 0 Å². The second-order valence-corrected chi connectivity index (χ2v) is 9.01. The van der Waals surface area contributed by atoms with E-state index < -0.39 is 0 Å². The predicted octanol–water partition coefficient (Wildman–Crippen LogP) is 3.72. The topological polar surface area (TPSA) is 40.1 Å². The summed E-state index contributed by atoms with van der Waals surface area (Å²) >= 11 is 3.52. The van der Waals surface area contributed by atoms with E-state index in [1.807, 2.05) is 0 Å². The summed E-state index contributed by atoms with van der Waals surface area (Å²) in [5.41, 5.74) is 1.32. The average Bonchev–Trinajstić information content (AvgIpc) is 3.16. The fourth-order valence-electron chi connectivity index (χ4n) is 3.87. The predicted molar refractivity (Wildman–Crippen MR) is 131 cm³/mol. The summed E-state index contributed by atoms with van der Waals surface area (Å²) in [6.45, 7) is 14.3. The molecule has 2 heterocycles. The lowest BCUT2D eigenvalue weighted by atomic mass is 9.85. The zero-order chi connectivity index (χ0) is 19.3. The quantitative estimate of drug-likeness (QED) is 0.336. The van der Waals surface area contributed by atoms with Crippen LogP contribution in [0.5, 0.6) is 0 Å². The molecule has 2 aliphatic heterocycles. The van der Waals surface area contributed by atoms with E-state index in [9.17, 15) is 0 Å². The van der Waals surface area contributed by atoms with E-state index in [0.29, 0.717) is 6.04 Å². The van der Waals surface area contributed by atoms with Crippen LogP contribution in [0.15, 0.2) is 33.7 Å². The lowest BCUT2D eigenvalue weighted by molar-refractivity contribution is 0.0195. The Hall–Kier alpha value is -0.380. The van der Waals surface area contributed by atoms with Crippen LogP contribution in [-0.4, -0.2) is 74.3 Å². The minimum atomic E-state index is 0. The highest BCUT2D eigenvalue weighted by atomic mass is 127. The highest BCUT2D eigenvalue weighted by molar-refractivity contribution is 14.0. The van der Waals surface area contributed by atoms with Crippen molar-refractivity contribution in [2.45, 2.75) is 38.6 Å². The fraction of sp³-hybridized carbons (Fsp3) is 0.667. The first kappa shape index (κ1) is 23.9. The van der Waals surface area contributed by atoms with Crippen LogP contribution in [0.4, 0.5) is 0 Å². The standard InChI is InChI=1S/C21H33BrN4O.HI/c1-4-23-20(24-16-21(2,3)17-5-7-18(22)8-6-17)26-10-9-19(15-26)25-11-13-27-14-12-25;/h5-8,19H,4,9-16H2,1-3H3,(H,23,24);1H. The molecule has 0 spiro atoms. The molecule has 158 valence electrons. The molecule has 1 N–H and O–H groups in total. The molecule has 1 unspecified atom stereocenters. The molecule has 0 aliphatic carbocycles. The van der Waals surface area contributed by atoms with E-state index in [-0.39, 0.29) is 29.4 Å². The van der Waals surface area contributed by atoms with Crippen molar-refractivity contribution in [3.05, 3.63) is 34.3 Å². The summed E-state index contributed by atoms with van der Waals surface area (Å²) in [7, 11) is 0. The van der Waals surface area contributed by atoms with Gasteiger partial charge >= 0.3 is 0 Å². The van der Waals surface area contributed by atoms with Gasteiger partial charge in [0.15, 0.2) is 5.96 Å². The van der Waals surface area contributed by atoms with Gasteiger partial charge in [0, 0.05) is 48.7 Å². The largest absolute Gasteiger partial charge is 0.379 e. The molecule has 2 fully saturated rings. The lowest BCUT2D eigenvalue weighted by Crippen LogP contribution is -2.47. The van der Waals surface area contributed by atoms with Crippen LogP contribution in [-0.2, 0) is 10.2 Å². The molecule has 3 rings (SSSR count). The molecule has 1 aromatic carbocycles. The number of benzene rings is 1. The molecule has 2 saturated heterocycles. The molecule has 7 heteroatoms. The molecule has 2 aliphatic rings. The third-order valence-electron chi connectivity index (χ3n) is 5.61. The number of ether oxygens (including phenoxy) is 1. The Bertz CT molecular complexity index is 632. The highest BCUT2D eigenvalue weighted by Crippen LogP contribution is 2.25. The Kier molecular flexibility index (Phi) is 9.50. The van der Waals surface area contributed by atoms with Crippen molar-refractivity contribution in [1.29, 1.82) is 0 Å². The van der Waals surface area contributed by atoms with Gasteiger partial charge in [-0.25, -0.2) is 0 Å². The first-order valence-corrected chi connectivity index (χ1v) is 10.9. The minimum absolute atomic E-state index is 0. The molecule has 1 aromatic rings. The summed E-state index contributed by atoms with van der Waals surface area (Å²) in [6.07, 6.45) is 1.21. The summed E-state index contributed by atoms with van der Waals surface area (Å²) in [5, 5.41) is 3.51. The third kappa shape index (κ3) is 6.31. The molecule has 0 aromatic heterocycles. The van der Waals surface area contributed by atoms with E-state index in [1.165, 1.54) is 12.0 Å². The van der Waals surface area contributed by atoms with Crippen LogP contribution in [0.2, 0.25) is 0 Å². The normalized spacial score (nSPS) is 21.5. The Labute approximate surface area is 195 Å². The summed E-state index contributed by atoms with van der Waals surface area (Å²) in [5.74, 6) is 1.05. The van der Waals surface area contributed by atoms with Gasteiger partial charge in [-0.2, -0.15) is 0 Å². The number of hydrogen-bond acceptors (Lipinski definition) is 3. The average molecular weight is 565 g/mol. The summed E-state index contributed by atoms with van der Waals surface area (Å²) in [4.78, 5) is 10.0. The summed E-state index contributed by atoms with van der Waals surface area (Å²) < 4.78 is 6.62. The maximum atomic E-state index is 5.50. The second kappa shape index (κ2) is 11.1. The van der Waals surface area contributed by atoms with Crippen molar-refractivity contribution in [3.63, 3.8) is 0 Å². The molecule has 0 saturated carbocycles. The molecule has 0 radical (unpaired) electrons. The van der Waals surface area contributed by atoms with Crippen molar-refractivity contribution < 1.29 is 4.74 Å². The Morgan fingerprint density at radius 3 is 2.54 bits per heavy atom. The number of morpholine rings is 1. The number of halogens is 2. The first-order valence-electron chi connectivity index (χ1n) is 10.1. The molecular formula is C21H34BrIN4O. The number of nitrogens with one attached hydrogen (secondary N) is 1. The van der Waals surface area contributed by atoms with Crippen molar-refractivity contribution in [3.8, 4) is 0 Å². The van der Waals surface area contributed by atoms with Crippen LogP contribution < -0.4 is 5.32 Å². The molecule has 28 heavy (non-hydrogen) atoms. The van der Waals surface area contributed by atoms with E-state index in [1.54, 1.807) is 0 Å². The smallest absolute Gasteiger partial charge is 0.193 e. The zero-order valence-electron chi connectivity index (χ0n) is 17.3. The third-order valence-corrected chi connectivity index (χ3v) is 6.14. The van der Waals surface area contributed by atoms with Gasteiger partial charge in [0.1, 0.15) is 0 Å². The fourth-order valence-corrected chi connectivity index (χ4v) is 4.13. The van der Waals surface area contributed by atoms with Gasteiger partial charge in [0.05, 0.1) is 19.8 Å². The Morgan fingerprint density at radius 2 is 1.89 bits per heavy atom. The molecular weight excluding hydrogens is 531 g/mol. The van der Waals surface area contributed by atoms with Crippen LogP contribution in [0.3, 0.4) is 0 Å². The van der Waals surface area contributed by atoms with Gasteiger partial charge in [-0.05, 0) is 31.0 Å². The molecule has 1 atom stereocenters. The highest BCUT2D eigenvalue weighted by Gasteiger charge is 2.30. The minimum Gasteiger partial charge on any atom is -0.379 e. The number of rotatable bonds is 5. The number of aliphatic imine (C=N–C) groups is 1. The van der Waals surface area contributed by atoms with Gasteiger partial charge in [0.25, 0.3) is 0 Å². The van der Waals surface area contributed by atoms with Gasteiger partial charge in [-0.3, -0.25) is 9.89 Å². The SMILES string of the molecule is CCNC(=NCC(C)(C)c1ccc(Br)cc1)N1CCC(N2CCOCC2)C1.I. The van der Waals surface area contributed by atoms with E-state index >= 15 is 0 Å². The monoisotopic (exact) mass is 564 g/mol. The second-order valence-electron chi connectivity index (χ2n) is 8.10. The van der Waals surface area contributed by atoms with Crippen molar-refractivity contribution in [2.75, 3.05) is 52.5 Å². The van der Waals surface area contributed by atoms with E-state index in [0.717, 1.165) is 62.9 Å². The van der Waals surface area contributed by atoms with Crippen LogP contribution in [0, 0.1) is 0 Å². The number of nitrogens with zero attached hydrogens (tertiary/aromatic N) is 3. The number of hydrogen-bond donors (Lipinski definition) is 1. The molecule has 0 bridgehead atoms. The van der Waals surface area contributed by atoms with Gasteiger partial charge < -0.3 is 15.0 Å². The number of likely N-dealkylation sites (tertiary alicyclic amines) is 1. The zero-order valence-corrected chi connectivity index (χ0v) is 21.2. The van der Waals surface area contributed by atoms with Gasteiger partial charge in [-0.15, -0.1) is 24.0 Å². The maximum Gasteiger partial charge on any atom is 0.193 e. The molecule has 5 nitrogen and oxygen atoms in total. The Balaban J connectivity index is 0.00000280.